The van der Waals surface area contributed by atoms with Crippen molar-refractivity contribution < 1.29 is 9.08 Å². The summed E-state index contributed by atoms with van der Waals surface area (Å²) in [4.78, 5) is 10.8. The third-order valence-electron chi connectivity index (χ3n) is 1.31. The van der Waals surface area contributed by atoms with E-state index in [1.165, 1.54) is 6.07 Å². The summed E-state index contributed by atoms with van der Waals surface area (Å²) < 4.78 is 4.38. The second kappa shape index (κ2) is 3.65. The lowest BCUT2D eigenvalue weighted by Crippen LogP contribution is -2.11. The first-order chi connectivity index (χ1) is 5.66. The zero-order valence-electron chi connectivity index (χ0n) is 5.88. The van der Waals surface area contributed by atoms with E-state index in [9.17, 15) is 4.79 Å². The van der Waals surface area contributed by atoms with Gasteiger partial charge in [-0.25, -0.2) is 0 Å². The standard InChI is InChI=1S/C7H5Cl2NO2/c8-5-3-1-2-4(7(10)11)6(5)12-9/h1-3H,(H2,10,11). The van der Waals surface area contributed by atoms with Crippen molar-refractivity contribution in [2.75, 3.05) is 0 Å². The number of primary amides is 1. The van der Waals surface area contributed by atoms with E-state index >= 15 is 0 Å². The van der Waals surface area contributed by atoms with Crippen LogP contribution in [0, 0.1) is 0 Å². The van der Waals surface area contributed by atoms with Gasteiger partial charge in [0, 0.05) is 0 Å². The van der Waals surface area contributed by atoms with Gasteiger partial charge < -0.3 is 10.0 Å². The highest BCUT2D eigenvalue weighted by molar-refractivity contribution is 6.33. The molecule has 0 aliphatic heterocycles. The lowest BCUT2D eigenvalue weighted by atomic mass is 10.2. The zero-order valence-corrected chi connectivity index (χ0v) is 7.39. The van der Waals surface area contributed by atoms with Crippen molar-refractivity contribution in [2.45, 2.75) is 0 Å². The Morgan fingerprint density at radius 1 is 1.50 bits per heavy atom. The molecule has 0 heterocycles. The number of halogens is 2. The quantitative estimate of drug-likeness (QED) is 0.803. The Balaban J connectivity index is 3.27. The molecule has 0 bridgehead atoms. The molecule has 2 N–H and O–H groups in total. The maximum atomic E-state index is 10.8. The van der Waals surface area contributed by atoms with E-state index in [0.717, 1.165) is 0 Å². The van der Waals surface area contributed by atoms with Gasteiger partial charge >= 0.3 is 0 Å². The fourth-order valence-electron chi connectivity index (χ4n) is 0.781. The molecule has 1 rings (SSSR count). The predicted molar refractivity (Wildman–Crippen MR) is 46.5 cm³/mol. The molecule has 1 aromatic rings. The van der Waals surface area contributed by atoms with Crippen molar-refractivity contribution in [1.29, 1.82) is 0 Å². The summed E-state index contributed by atoms with van der Waals surface area (Å²) in [5.41, 5.74) is 5.19. The second-order valence-electron chi connectivity index (χ2n) is 2.06. The van der Waals surface area contributed by atoms with Crippen molar-refractivity contribution in [3.8, 4) is 5.75 Å². The van der Waals surface area contributed by atoms with Crippen molar-refractivity contribution in [3.63, 3.8) is 0 Å². The van der Waals surface area contributed by atoms with E-state index in [0.29, 0.717) is 0 Å². The van der Waals surface area contributed by atoms with Crippen LogP contribution in [0.15, 0.2) is 18.2 Å². The fourth-order valence-corrected chi connectivity index (χ4v) is 1.20. The Kier molecular flexibility index (Phi) is 2.78. The molecule has 0 aliphatic carbocycles. The van der Waals surface area contributed by atoms with Crippen LogP contribution in [-0.2, 0) is 0 Å². The molecule has 0 radical (unpaired) electrons. The minimum absolute atomic E-state index is 0.0910. The highest BCUT2D eigenvalue weighted by atomic mass is 35.5. The molecule has 0 aliphatic rings. The monoisotopic (exact) mass is 205 g/mol. The van der Waals surface area contributed by atoms with E-state index in [4.69, 9.17) is 29.2 Å². The number of nitrogens with two attached hydrogens (primary N) is 1. The van der Waals surface area contributed by atoms with Gasteiger partial charge in [0.1, 0.15) is 11.9 Å². The van der Waals surface area contributed by atoms with Crippen LogP contribution in [-0.4, -0.2) is 5.91 Å². The van der Waals surface area contributed by atoms with Gasteiger partial charge in [-0.1, -0.05) is 17.7 Å². The molecular weight excluding hydrogens is 201 g/mol. The molecule has 3 nitrogen and oxygen atoms in total. The van der Waals surface area contributed by atoms with E-state index in [2.05, 4.69) is 4.29 Å². The van der Waals surface area contributed by atoms with Crippen molar-refractivity contribution in [2.24, 2.45) is 5.73 Å². The highest BCUT2D eigenvalue weighted by Gasteiger charge is 2.12. The van der Waals surface area contributed by atoms with Gasteiger partial charge in [0.2, 0.25) is 0 Å². The van der Waals surface area contributed by atoms with Crippen LogP contribution in [0.2, 0.25) is 5.02 Å². The lowest BCUT2D eigenvalue weighted by molar-refractivity contribution is 0.0999. The van der Waals surface area contributed by atoms with Crippen molar-refractivity contribution >= 4 is 29.4 Å². The largest absolute Gasteiger partial charge is 0.383 e. The van der Waals surface area contributed by atoms with Crippen LogP contribution in [0.5, 0.6) is 5.75 Å². The van der Waals surface area contributed by atoms with E-state index < -0.39 is 5.91 Å². The summed E-state index contributed by atoms with van der Waals surface area (Å²) >= 11 is 10.7. The first kappa shape index (κ1) is 9.16. The molecule has 0 unspecified atom stereocenters. The Hall–Kier alpha value is -0.930. The van der Waals surface area contributed by atoms with Crippen LogP contribution < -0.4 is 10.0 Å². The second-order valence-corrected chi connectivity index (χ2v) is 2.62. The van der Waals surface area contributed by atoms with Gasteiger partial charge in [0.25, 0.3) is 5.91 Å². The molecule has 0 fully saturated rings. The van der Waals surface area contributed by atoms with Crippen molar-refractivity contribution in [1.82, 2.24) is 0 Å². The summed E-state index contributed by atoms with van der Waals surface area (Å²) in [6, 6.07) is 4.61. The number of carbonyl (C=O) groups excluding carboxylic acids is 1. The first-order valence-electron chi connectivity index (χ1n) is 3.03. The maximum Gasteiger partial charge on any atom is 0.252 e. The molecule has 64 valence electrons. The van der Waals surface area contributed by atoms with Crippen LogP contribution in [0.4, 0.5) is 0 Å². The zero-order chi connectivity index (χ0) is 9.14. The normalized spacial score (nSPS) is 9.50. The minimum Gasteiger partial charge on any atom is -0.383 e. The van der Waals surface area contributed by atoms with Gasteiger partial charge in [0.05, 0.1) is 10.6 Å². The van der Waals surface area contributed by atoms with Gasteiger partial charge in [-0.15, -0.1) is 0 Å². The summed E-state index contributed by atoms with van der Waals surface area (Å²) in [7, 11) is 0. The molecule has 1 amide bonds. The molecule has 5 heteroatoms. The Morgan fingerprint density at radius 2 is 2.17 bits per heavy atom. The van der Waals surface area contributed by atoms with Crippen LogP contribution in [0.3, 0.4) is 0 Å². The van der Waals surface area contributed by atoms with E-state index in [1.807, 2.05) is 0 Å². The predicted octanol–water partition coefficient (Wildman–Crippen LogP) is 1.97. The number of rotatable bonds is 2. The number of amides is 1. The molecule has 0 spiro atoms. The number of para-hydroxylation sites is 1. The van der Waals surface area contributed by atoms with Crippen LogP contribution in [0.1, 0.15) is 10.4 Å². The summed E-state index contributed by atoms with van der Waals surface area (Å²) in [5.74, 6) is -0.540. The molecule has 12 heavy (non-hydrogen) atoms. The number of hydrogen-bond acceptors (Lipinski definition) is 2. The fraction of sp³-hybridized carbons (Fsp3) is 0. The minimum atomic E-state index is -0.631. The average Bonchev–Trinajstić information content (AvgIpc) is 2.03. The first-order valence-corrected chi connectivity index (χ1v) is 3.72. The summed E-state index contributed by atoms with van der Waals surface area (Å²) in [5, 5.41) is 0.251. The molecular formula is C7H5Cl2NO2. The van der Waals surface area contributed by atoms with E-state index in [1.54, 1.807) is 12.1 Å². The molecule has 0 saturated carbocycles. The SMILES string of the molecule is NC(=O)c1cccc(Cl)c1OCl. The third-order valence-corrected chi connectivity index (χ3v) is 1.76. The Morgan fingerprint density at radius 3 is 2.58 bits per heavy atom. The topological polar surface area (TPSA) is 52.3 Å². The summed E-state index contributed by atoms with van der Waals surface area (Å²) in [6.45, 7) is 0. The van der Waals surface area contributed by atoms with E-state index in [-0.39, 0.29) is 16.3 Å². The Bertz CT molecular complexity index is 314. The molecule has 1 aromatic carbocycles. The average molecular weight is 206 g/mol. The van der Waals surface area contributed by atoms with Gasteiger partial charge in [-0.2, -0.15) is 0 Å². The lowest BCUT2D eigenvalue weighted by Gasteiger charge is -2.03. The van der Waals surface area contributed by atoms with Gasteiger partial charge in [-0.05, 0) is 12.1 Å². The Labute approximate surface area is 79.2 Å². The van der Waals surface area contributed by atoms with Gasteiger partial charge in [-0.3, -0.25) is 4.79 Å². The third kappa shape index (κ3) is 1.62. The molecule has 0 aromatic heterocycles. The highest BCUT2D eigenvalue weighted by Crippen LogP contribution is 2.28. The van der Waals surface area contributed by atoms with Gasteiger partial charge in [0.15, 0.2) is 5.75 Å². The smallest absolute Gasteiger partial charge is 0.252 e. The summed E-state index contributed by atoms with van der Waals surface area (Å²) in [6.07, 6.45) is 0. The number of benzene rings is 1. The van der Waals surface area contributed by atoms with Crippen LogP contribution in [0.25, 0.3) is 0 Å². The van der Waals surface area contributed by atoms with Crippen LogP contribution >= 0.6 is 23.5 Å². The number of hydrogen-bond donors (Lipinski definition) is 1. The van der Waals surface area contributed by atoms with Crippen molar-refractivity contribution in [3.05, 3.63) is 28.8 Å². The molecule has 0 saturated heterocycles. The maximum absolute atomic E-state index is 10.8. The number of carbonyl (C=O) groups is 1. The molecule has 0 atom stereocenters.